The number of hydrogen-bond donors (Lipinski definition) is 2. The Kier molecular flexibility index (Phi) is 8.59. The van der Waals surface area contributed by atoms with Gasteiger partial charge in [-0.1, -0.05) is 18.4 Å². The predicted molar refractivity (Wildman–Crippen MR) is 175 cm³/mol. The number of terminal acetylenes is 1. The predicted octanol–water partition coefficient (Wildman–Crippen LogP) is 5.43. The van der Waals surface area contributed by atoms with E-state index in [9.17, 15) is 14.6 Å². The Morgan fingerprint density at radius 3 is 2.81 bits per heavy atom. The number of ether oxygens (including phenoxy) is 2. The van der Waals surface area contributed by atoms with Gasteiger partial charge in [-0.25, -0.2) is 8.78 Å². The van der Waals surface area contributed by atoms with E-state index in [2.05, 4.69) is 20.8 Å². The van der Waals surface area contributed by atoms with E-state index in [-0.39, 0.29) is 50.9 Å². The maximum atomic E-state index is 16.8. The molecule has 3 unspecified atom stereocenters. The standard InChI is InChI=1S/C36H39F2N5O4/c1-3-25-28(37)9-8-23-17-24(45)18-26(30(23)25)32-31(38)33-27(19-39-32)34(42-13-6-15-46-16-14-42)41-35(40-33)47-21-36-10-4-7-29(36)43(12-5-11-36)20-22(2)44/h1,8-9,17-19,22,29,44-45H,4-7,10-16,20-21H2,2H3. The van der Waals surface area contributed by atoms with Crippen LogP contribution in [0.15, 0.2) is 30.5 Å². The van der Waals surface area contributed by atoms with E-state index in [0.29, 0.717) is 56.0 Å². The molecule has 2 N–H and O–H groups in total. The van der Waals surface area contributed by atoms with Crippen molar-refractivity contribution in [2.24, 2.45) is 5.41 Å². The van der Waals surface area contributed by atoms with E-state index in [1.54, 1.807) is 0 Å². The number of benzene rings is 2. The maximum Gasteiger partial charge on any atom is 0.319 e. The molecule has 246 valence electrons. The Morgan fingerprint density at radius 1 is 1.13 bits per heavy atom. The van der Waals surface area contributed by atoms with Crippen LogP contribution in [0.3, 0.4) is 0 Å². The Bertz CT molecular complexity index is 1860. The fourth-order valence-electron chi connectivity index (χ4n) is 8.00. The van der Waals surface area contributed by atoms with Gasteiger partial charge in [-0.15, -0.1) is 6.42 Å². The second-order valence-electron chi connectivity index (χ2n) is 13.1. The van der Waals surface area contributed by atoms with Crippen molar-refractivity contribution in [3.05, 3.63) is 47.7 Å². The zero-order chi connectivity index (χ0) is 32.7. The first kappa shape index (κ1) is 31.5. The van der Waals surface area contributed by atoms with E-state index in [0.717, 1.165) is 45.1 Å². The van der Waals surface area contributed by atoms with Crippen LogP contribution in [0.25, 0.3) is 32.9 Å². The lowest BCUT2D eigenvalue weighted by atomic mass is 9.75. The highest BCUT2D eigenvalue weighted by Gasteiger charge is 2.48. The average molecular weight is 644 g/mol. The number of halogens is 2. The molecule has 3 atom stereocenters. The normalized spacial score (nSPS) is 22.6. The van der Waals surface area contributed by atoms with Crippen molar-refractivity contribution in [1.29, 1.82) is 0 Å². The maximum absolute atomic E-state index is 16.8. The summed E-state index contributed by atoms with van der Waals surface area (Å²) < 4.78 is 43.8. The summed E-state index contributed by atoms with van der Waals surface area (Å²) in [4.78, 5) is 18.4. The van der Waals surface area contributed by atoms with Crippen LogP contribution in [-0.4, -0.2) is 88.2 Å². The Balaban J connectivity index is 1.34. The first-order chi connectivity index (χ1) is 22.8. The molecule has 1 saturated carbocycles. The van der Waals surface area contributed by atoms with Crippen LogP contribution in [0.5, 0.6) is 11.8 Å². The topological polar surface area (TPSA) is 104 Å². The minimum Gasteiger partial charge on any atom is -0.508 e. The molecule has 4 heterocycles. The zero-order valence-corrected chi connectivity index (χ0v) is 26.5. The van der Waals surface area contributed by atoms with E-state index in [4.69, 9.17) is 20.9 Å². The van der Waals surface area contributed by atoms with E-state index in [1.807, 2.05) is 11.8 Å². The summed E-state index contributed by atoms with van der Waals surface area (Å²) in [6.07, 6.45) is 12.7. The number of hydrogen-bond acceptors (Lipinski definition) is 9. The van der Waals surface area contributed by atoms with Crippen LogP contribution in [-0.2, 0) is 4.74 Å². The minimum atomic E-state index is -0.751. The molecule has 1 aliphatic carbocycles. The number of phenols is 1. The molecule has 0 radical (unpaired) electrons. The average Bonchev–Trinajstić information content (AvgIpc) is 3.31. The molecule has 4 aromatic rings. The number of aliphatic hydroxyl groups excluding tert-OH is 1. The van der Waals surface area contributed by atoms with Gasteiger partial charge in [-0.3, -0.25) is 9.88 Å². The smallest absolute Gasteiger partial charge is 0.319 e. The van der Waals surface area contributed by atoms with Gasteiger partial charge >= 0.3 is 6.01 Å². The molecule has 3 aliphatic rings. The quantitative estimate of drug-likeness (QED) is 0.255. The number of nitrogens with zero attached hydrogens (tertiary/aromatic N) is 5. The first-order valence-electron chi connectivity index (χ1n) is 16.4. The van der Waals surface area contributed by atoms with Crippen molar-refractivity contribution < 1.29 is 28.5 Å². The number of β-amino-alcohol motifs (C(OH)–C–C–N with tert-alkyl or cyclic N) is 1. The van der Waals surface area contributed by atoms with Crippen LogP contribution >= 0.6 is 0 Å². The van der Waals surface area contributed by atoms with Gasteiger partial charge in [0.25, 0.3) is 0 Å². The van der Waals surface area contributed by atoms with Crippen LogP contribution < -0.4 is 9.64 Å². The summed E-state index contributed by atoms with van der Waals surface area (Å²) in [5, 5.41) is 21.8. The number of aliphatic hydroxyl groups is 1. The van der Waals surface area contributed by atoms with Gasteiger partial charge in [0.2, 0.25) is 0 Å². The number of anilines is 1. The second kappa shape index (κ2) is 12.8. The molecule has 2 aromatic heterocycles. The summed E-state index contributed by atoms with van der Waals surface area (Å²) in [6.45, 7) is 6.08. The van der Waals surface area contributed by atoms with E-state index >= 15 is 4.39 Å². The highest BCUT2D eigenvalue weighted by molar-refractivity contribution is 6.03. The van der Waals surface area contributed by atoms with Crippen molar-refractivity contribution in [2.75, 3.05) is 50.9 Å². The van der Waals surface area contributed by atoms with E-state index < -0.39 is 17.7 Å². The molecule has 0 bridgehead atoms. The number of phenolic OH excluding ortho intramolecular Hbond substituents is 1. The molecule has 9 nitrogen and oxygen atoms in total. The van der Waals surface area contributed by atoms with Gasteiger partial charge in [0, 0.05) is 54.8 Å². The SMILES string of the molecule is C#Cc1c(F)ccc2cc(O)cc(-c3ncc4c(N5CCCOCC5)nc(OCC56CCCC5N(CC(C)O)CCC6)nc4c3F)c12. The minimum absolute atomic E-state index is 0.00941. The summed E-state index contributed by atoms with van der Waals surface area (Å²) in [7, 11) is 0. The highest BCUT2D eigenvalue weighted by atomic mass is 19.1. The van der Waals surface area contributed by atoms with Crippen molar-refractivity contribution in [3.63, 3.8) is 0 Å². The molecule has 11 heteroatoms. The Labute approximate surface area is 272 Å². The van der Waals surface area contributed by atoms with Gasteiger partial charge in [0.15, 0.2) is 5.82 Å². The van der Waals surface area contributed by atoms with Crippen molar-refractivity contribution >= 4 is 27.5 Å². The molecule has 0 amide bonds. The third-order valence-corrected chi connectivity index (χ3v) is 10.0. The largest absolute Gasteiger partial charge is 0.508 e. The zero-order valence-electron chi connectivity index (χ0n) is 26.5. The van der Waals surface area contributed by atoms with Crippen LogP contribution in [0.1, 0.15) is 51.0 Å². The number of aromatic nitrogens is 3. The summed E-state index contributed by atoms with van der Waals surface area (Å²) in [6, 6.07) is 5.86. The molecule has 47 heavy (non-hydrogen) atoms. The number of piperidine rings is 1. The van der Waals surface area contributed by atoms with E-state index in [1.165, 1.54) is 30.5 Å². The number of pyridine rings is 1. The van der Waals surface area contributed by atoms with Gasteiger partial charge in [0.1, 0.15) is 28.6 Å². The fraction of sp³-hybridized carbons (Fsp3) is 0.472. The Hall–Kier alpha value is -4.11. The van der Waals surface area contributed by atoms with Gasteiger partial charge in [0.05, 0.1) is 30.3 Å². The first-order valence-corrected chi connectivity index (χ1v) is 16.4. The summed E-state index contributed by atoms with van der Waals surface area (Å²) in [5.74, 6) is 1.37. The molecule has 2 saturated heterocycles. The molecular weight excluding hydrogens is 604 g/mol. The third-order valence-electron chi connectivity index (χ3n) is 10.0. The molecular formula is C36H39F2N5O4. The van der Waals surface area contributed by atoms with Crippen LogP contribution in [0, 0.1) is 29.4 Å². The molecule has 3 fully saturated rings. The van der Waals surface area contributed by atoms with Crippen molar-refractivity contribution in [2.45, 2.75) is 57.6 Å². The van der Waals surface area contributed by atoms with Gasteiger partial charge in [-0.05, 0) is 69.2 Å². The highest BCUT2D eigenvalue weighted by Crippen LogP contribution is 2.48. The Morgan fingerprint density at radius 2 is 1.98 bits per heavy atom. The number of rotatable bonds is 7. The molecule has 0 spiro atoms. The summed E-state index contributed by atoms with van der Waals surface area (Å²) in [5.41, 5.74) is -0.106. The monoisotopic (exact) mass is 643 g/mol. The molecule has 2 aliphatic heterocycles. The van der Waals surface area contributed by atoms with Gasteiger partial charge < -0.3 is 24.6 Å². The lowest BCUT2D eigenvalue weighted by Gasteiger charge is -2.46. The van der Waals surface area contributed by atoms with Crippen molar-refractivity contribution in [1.82, 2.24) is 19.9 Å². The molecule has 7 rings (SSSR count). The number of likely N-dealkylation sites (tertiary alicyclic amines) is 1. The van der Waals surface area contributed by atoms with Gasteiger partial charge in [-0.2, -0.15) is 9.97 Å². The second-order valence-corrected chi connectivity index (χ2v) is 13.1. The van der Waals surface area contributed by atoms with Crippen LogP contribution in [0.2, 0.25) is 0 Å². The fourth-order valence-corrected chi connectivity index (χ4v) is 8.00. The lowest BCUT2D eigenvalue weighted by molar-refractivity contribution is -0.0178. The number of aromatic hydroxyl groups is 1. The lowest BCUT2D eigenvalue weighted by Crippen LogP contribution is -2.53. The third kappa shape index (κ3) is 5.83. The number of fused-ring (bicyclic) bond motifs is 3. The summed E-state index contributed by atoms with van der Waals surface area (Å²) >= 11 is 0. The van der Waals surface area contributed by atoms with Crippen molar-refractivity contribution in [3.8, 4) is 35.4 Å². The molecule has 2 aromatic carbocycles. The van der Waals surface area contributed by atoms with Crippen LogP contribution in [0.4, 0.5) is 14.6 Å².